The van der Waals surface area contributed by atoms with E-state index in [1.54, 1.807) is 0 Å². The molecule has 0 saturated carbocycles. The molecule has 0 bridgehead atoms. The van der Waals surface area contributed by atoms with Gasteiger partial charge in [-0.05, 0) is 48.6 Å². The van der Waals surface area contributed by atoms with E-state index in [1.165, 1.54) is 11.1 Å². The van der Waals surface area contributed by atoms with Crippen molar-refractivity contribution in [1.29, 1.82) is 0 Å². The molecular weight excluding hydrogens is 256 g/mol. The third-order valence-electron chi connectivity index (χ3n) is 3.56. The summed E-state index contributed by atoms with van der Waals surface area (Å²) in [6.07, 6.45) is 0. The lowest BCUT2D eigenvalue weighted by Gasteiger charge is -2.20. The standard InChI is InChI=1S/C16H19ClN2/c1-10-7-8-13(9-12(10)3)16(19-18)14-6-4-5-11(2)15(14)17/h4-9,16,19H,18H2,1-3H3. The fourth-order valence-electron chi connectivity index (χ4n) is 2.20. The predicted octanol–water partition coefficient (Wildman–Crippen LogP) is 3.82. The lowest BCUT2D eigenvalue weighted by molar-refractivity contribution is 0.636. The third kappa shape index (κ3) is 2.81. The van der Waals surface area contributed by atoms with E-state index in [2.05, 4.69) is 37.5 Å². The average Bonchev–Trinajstić information content (AvgIpc) is 2.39. The van der Waals surface area contributed by atoms with Gasteiger partial charge < -0.3 is 0 Å². The summed E-state index contributed by atoms with van der Waals surface area (Å²) in [5, 5.41) is 0.767. The summed E-state index contributed by atoms with van der Waals surface area (Å²) >= 11 is 6.39. The molecule has 2 aromatic carbocycles. The molecule has 0 saturated heterocycles. The van der Waals surface area contributed by atoms with Crippen LogP contribution in [-0.4, -0.2) is 0 Å². The maximum atomic E-state index is 6.39. The molecule has 0 fully saturated rings. The maximum Gasteiger partial charge on any atom is 0.0724 e. The molecule has 1 atom stereocenters. The molecule has 19 heavy (non-hydrogen) atoms. The fourth-order valence-corrected chi connectivity index (χ4v) is 2.44. The van der Waals surface area contributed by atoms with Crippen LogP contribution in [0.15, 0.2) is 36.4 Å². The van der Waals surface area contributed by atoms with Crippen LogP contribution in [0, 0.1) is 20.8 Å². The van der Waals surface area contributed by atoms with E-state index < -0.39 is 0 Å². The molecule has 0 aromatic heterocycles. The van der Waals surface area contributed by atoms with Crippen LogP contribution >= 0.6 is 11.6 Å². The van der Waals surface area contributed by atoms with Crippen LogP contribution < -0.4 is 11.3 Å². The molecule has 1 unspecified atom stereocenters. The van der Waals surface area contributed by atoms with Gasteiger partial charge in [-0.15, -0.1) is 0 Å². The van der Waals surface area contributed by atoms with E-state index in [9.17, 15) is 0 Å². The number of nitrogens with one attached hydrogen (secondary N) is 1. The van der Waals surface area contributed by atoms with Crippen LogP contribution in [0.2, 0.25) is 5.02 Å². The van der Waals surface area contributed by atoms with Gasteiger partial charge in [-0.1, -0.05) is 48.0 Å². The zero-order chi connectivity index (χ0) is 14.0. The van der Waals surface area contributed by atoms with E-state index >= 15 is 0 Å². The zero-order valence-corrected chi connectivity index (χ0v) is 12.3. The van der Waals surface area contributed by atoms with Crippen molar-refractivity contribution in [3.63, 3.8) is 0 Å². The van der Waals surface area contributed by atoms with E-state index in [1.807, 2.05) is 25.1 Å². The second kappa shape index (κ2) is 5.74. The van der Waals surface area contributed by atoms with Crippen LogP contribution in [0.5, 0.6) is 0 Å². The van der Waals surface area contributed by atoms with Crippen molar-refractivity contribution >= 4 is 11.6 Å². The van der Waals surface area contributed by atoms with Crippen LogP contribution in [0.1, 0.15) is 33.9 Å². The normalized spacial score (nSPS) is 12.5. The minimum Gasteiger partial charge on any atom is -0.271 e. The Balaban J connectivity index is 2.50. The first-order valence-electron chi connectivity index (χ1n) is 6.33. The van der Waals surface area contributed by atoms with Gasteiger partial charge in [-0.25, -0.2) is 5.43 Å². The molecule has 0 aliphatic carbocycles. The first-order valence-corrected chi connectivity index (χ1v) is 6.70. The summed E-state index contributed by atoms with van der Waals surface area (Å²) in [7, 11) is 0. The van der Waals surface area contributed by atoms with E-state index in [-0.39, 0.29) is 6.04 Å². The summed E-state index contributed by atoms with van der Waals surface area (Å²) in [5.41, 5.74) is 8.58. The van der Waals surface area contributed by atoms with Crippen LogP contribution in [0.4, 0.5) is 0 Å². The fraction of sp³-hybridized carbons (Fsp3) is 0.250. The highest BCUT2D eigenvalue weighted by molar-refractivity contribution is 6.32. The summed E-state index contributed by atoms with van der Waals surface area (Å²) in [6.45, 7) is 6.20. The Morgan fingerprint density at radius 2 is 1.74 bits per heavy atom. The highest BCUT2D eigenvalue weighted by Gasteiger charge is 2.16. The van der Waals surface area contributed by atoms with Gasteiger partial charge in [0.2, 0.25) is 0 Å². The van der Waals surface area contributed by atoms with Gasteiger partial charge in [-0.3, -0.25) is 5.84 Å². The number of hydrogen-bond donors (Lipinski definition) is 2. The van der Waals surface area contributed by atoms with Crippen molar-refractivity contribution in [2.45, 2.75) is 26.8 Å². The number of halogens is 1. The highest BCUT2D eigenvalue weighted by Crippen LogP contribution is 2.30. The zero-order valence-electron chi connectivity index (χ0n) is 11.5. The second-order valence-corrected chi connectivity index (χ2v) is 5.30. The first-order chi connectivity index (χ1) is 9.04. The van der Waals surface area contributed by atoms with Gasteiger partial charge >= 0.3 is 0 Å². The average molecular weight is 275 g/mol. The second-order valence-electron chi connectivity index (χ2n) is 4.92. The van der Waals surface area contributed by atoms with E-state index in [0.29, 0.717) is 0 Å². The lowest BCUT2D eigenvalue weighted by Crippen LogP contribution is -2.29. The molecule has 2 rings (SSSR count). The van der Waals surface area contributed by atoms with Crippen molar-refractivity contribution in [3.05, 3.63) is 69.2 Å². The molecule has 0 heterocycles. The van der Waals surface area contributed by atoms with Gasteiger partial charge in [0, 0.05) is 5.02 Å². The number of hydrazine groups is 1. The monoisotopic (exact) mass is 274 g/mol. The summed E-state index contributed by atoms with van der Waals surface area (Å²) in [6, 6.07) is 12.3. The van der Waals surface area contributed by atoms with Crippen LogP contribution in [0.25, 0.3) is 0 Å². The van der Waals surface area contributed by atoms with Gasteiger partial charge in [0.15, 0.2) is 0 Å². The molecular formula is C16H19ClN2. The Morgan fingerprint density at radius 3 is 2.37 bits per heavy atom. The largest absolute Gasteiger partial charge is 0.271 e. The molecule has 0 amide bonds. The van der Waals surface area contributed by atoms with E-state index in [4.69, 9.17) is 17.4 Å². The number of nitrogens with two attached hydrogens (primary N) is 1. The Labute approximate surface area is 119 Å². The molecule has 3 N–H and O–H groups in total. The highest BCUT2D eigenvalue weighted by atomic mass is 35.5. The first kappa shape index (κ1) is 14.1. The Hall–Kier alpha value is -1.35. The van der Waals surface area contributed by atoms with Crippen molar-refractivity contribution in [1.82, 2.24) is 5.43 Å². The molecule has 2 nitrogen and oxygen atoms in total. The third-order valence-corrected chi connectivity index (χ3v) is 4.08. The van der Waals surface area contributed by atoms with Crippen LogP contribution in [0.3, 0.4) is 0 Å². The summed E-state index contributed by atoms with van der Waals surface area (Å²) in [4.78, 5) is 0. The quantitative estimate of drug-likeness (QED) is 0.660. The predicted molar refractivity (Wildman–Crippen MR) is 81.3 cm³/mol. The van der Waals surface area contributed by atoms with E-state index in [0.717, 1.165) is 21.7 Å². The van der Waals surface area contributed by atoms with Gasteiger partial charge in [-0.2, -0.15) is 0 Å². The van der Waals surface area contributed by atoms with Crippen molar-refractivity contribution in [2.24, 2.45) is 5.84 Å². The Bertz CT molecular complexity index is 593. The van der Waals surface area contributed by atoms with Crippen LogP contribution in [-0.2, 0) is 0 Å². The maximum absolute atomic E-state index is 6.39. The minimum absolute atomic E-state index is 0.0910. The number of aryl methyl sites for hydroxylation is 3. The van der Waals surface area contributed by atoms with Gasteiger partial charge in [0.1, 0.15) is 0 Å². The van der Waals surface area contributed by atoms with Crippen molar-refractivity contribution in [3.8, 4) is 0 Å². The Morgan fingerprint density at radius 1 is 1.00 bits per heavy atom. The molecule has 3 heteroatoms. The molecule has 2 aromatic rings. The molecule has 100 valence electrons. The minimum atomic E-state index is -0.0910. The van der Waals surface area contributed by atoms with Crippen molar-refractivity contribution < 1.29 is 0 Å². The van der Waals surface area contributed by atoms with Gasteiger partial charge in [0.05, 0.1) is 6.04 Å². The lowest BCUT2D eigenvalue weighted by atomic mass is 9.95. The smallest absolute Gasteiger partial charge is 0.0724 e. The number of rotatable bonds is 3. The summed E-state index contributed by atoms with van der Waals surface area (Å²) < 4.78 is 0. The topological polar surface area (TPSA) is 38.0 Å². The Kier molecular flexibility index (Phi) is 4.25. The molecule has 0 aliphatic heterocycles. The van der Waals surface area contributed by atoms with Gasteiger partial charge in [0.25, 0.3) is 0 Å². The molecule has 0 spiro atoms. The number of benzene rings is 2. The molecule has 0 radical (unpaired) electrons. The number of hydrogen-bond acceptors (Lipinski definition) is 2. The SMILES string of the molecule is Cc1ccc(C(NN)c2cccc(C)c2Cl)cc1C. The molecule has 0 aliphatic rings. The summed E-state index contributed by atoms with van der Waals surface area (Å²) in [5.74, 6) is 5.74. The van der Waals surface area contributed by atoms with Crippen molar-refractivity contribution in [2.75, 3.05) is 0 Å².